The molecular weight excluding hydrogens is 284 g/mol. The topological polar surface area (TPSA) is 35.6 Å². The molecule has 0 spiro atoms. The highest BCUT2D eigenvalue weighted by atomic mass is 35.5. The maximum Gasteiger partial charge on any atom is 0.158 e. The van der Waals surface area contributed by atoms with Crippen molar-refractivity contribution in [3.05, 3.63) is 11.5 Å². The molecule has 116 valence electrons. The highest BCUT2D eigenvalue weighted by Crippen LogP contribution is 2.29. The number of nitrogens with zero attached hydrogens (tertiary/aromatic N) is 4. The van der Waals surface area contributed by atoms with Gasteiger partial charge >= 0.3 is 0 Å². The summed E-state index contributed by atoms with van der Waals surface area (Å²) < 4.78 is 4.40. The van der Waals surface area contributed by atoms with E-state index in [9.17, 15) is 0 Å². The summed E-state index contributed by atoms with van der Waals surface area (Å²) in [7, 11) is 2.04. The molecule has 0 bridgehead atoms. The first-order chi connectivity index (χ1) is 10.2. The van der Waals surface area contributed by atoms with Gasteiger partial charge in [0.25, 0.3) is 0 Å². The number of alkyl halides is 1. The molecule has 21 heavy (non-hydrogen) atoms. The van der Waals surface area contributed by atoms with Crippen LogP contribution in [0.2, 0.25) is 0 Å². The van der Waals surface area contributed by atoms with E-state index in [2.05, 4.69) is 16.6 Å². The molecule has 0 atom stereocenters. The molecule has 0 unspecified atom stereocenters. The van der Waals surface area contributed by atoms with Crippen LogP contribution in [0.5, 0.6) is 0 Å². The molecule has 4 nitrogen and oxygen atoms in total. The van der Waals surface area contributed by atoms with Crippen LogP contribution in [0.4, 0.5) is 0 Å². The van der Waals surface area contributed by atoms with Gasteiger partial charge in [0, 0.05) is 25.9 Å². The normalized spacial score (nSPS) is 16.3. The van der Waals surface area contributed by atoms with Crippen molar-refractivity contribution in [1.82, 2.24) is 19.3 Å². The first kappa shape index (κ1) is 14.9. The average Bonchev–Trinajstić information content (AvgIpc) is 3.13. The molecule has 3 rings (SSSR count). The molecule has 2 aromatic rings. The molecule has 0 N–H and O–H groups in total. The highest BCUT2D eigenvalue weighted by Gasteiger charge is 2.22. The number of rotatable bonds is 6. The third-order valence-corrected chi connectivity index (χ3v) is 4.78. The van der Waals surface area contributed by atoms with Crippen LogP contribution in [0.25, 0.3) is 11.2 Å². The molecule has 0 saturated heterocycles. The Morgan fingerprint density at radius 3 is 2.67 bits per heavy atom. The minimum Gasteiger partial charge on any atom is -0.313 e. The third kappa shape index (κ3) is 2.83. The van der Waals surface area contributed by atoms with Gasteiger partial charge in [-0.25, -0.2) is 4.98 Å². The van der Waals surface area contributed by atoms with Gasteiger partial charge in [0.2, 0.25) is 0 Å². The van der Waals surface area contributed by atoms with E-state index in [4.69, 9.17) is 16.6 Å². The highest BCUT2D eigenvalue weighted by molar-refractivity contribution is 6.17. The molecule has 0 aliphatic heterocycles. The van der Waals surface area contributed by atoms with E-state index >= 15 is 0 Å². The number of aryl methyl sites for hydroxylation is 3. The van der Waals surface area contributed by atoms with E-state index in [-0.39, 0.29) is 0 Å². The fourth-order valence-electron chi connectivity index (χ4n) is 3.61. The van der Waals surface area contributed by atoms with Crippen LogP contribution in [0.1, 0.15) is 50.5 Å². The second kappa shape index (κ2) is 6.39. The van der Waals surface area contributed by atoms with Gasteiger partial charge in [0.15, 0.2) is 5.65 Å². The molecule has 2 heterocycles. The molecule has 1 saturated carbocycles. The van der Waals surface area contributed by atoms with Crippen LogP contribution in [0, 0.1) is 5.92 Å². The lowest BCUT2D eigenvalue weighted by Gasteiger charge is -2.14. The van der Waals surface area contributed by atoms with Crippen LogP contribution in [-0.2, 0) is 26.4 Å². The van der Waals surface area contributed by atoms with Gasteiger partial charge in [-0.15, -0.1) is 11.6 Å². The largest absolute Gasteiger partial charge is 0.313 e. The smallest absolute Gasteiger partial charge is 0.158 e. The molecule has 5 heteroatoms. The van der Waals surface area contributed by atoms with Gasteiger partial charge in [0.05, 0.1) is 5.69 Å². The van der Waals surface area contributed by atoms with E-state index in [0.717, 1.165) is 48.8 Å². The second-order valence-electron chi connectivity index (χ2n) is 6.22. The number of fused-ring (bicyclic) bond motifs is 1. The third-order valence-electron chi connectivity index (χ3n) is 4.59. The van der Waals surface area contributed by atoms with Crippen LogP contribution in [0.15, 0.2) is 0 Å². The van der Waals surface area contributed by atoms with Gasteiger partial charge in [-0.2, -0.15) is 5.10 Å². The Balaban J connectivity index is 2.02. The van der Waals surface area contributed by atoms with Crippen molar-refractivity contribution < 1.29 is 0 Å². The first-order valence-electron chi connectivity index (χ1n) is 8.21. The number of halogens is 1. The Morgan fingerprint density at radius 1 is 1.24 bits per heavy atom. The quantitative estimate of drug-likeness (QED) is 0.763. The molecule has 1 aliphatic rings. The van der Waals surface area contributed by atoms with Crippen molar-refractivity contribution in [3.8, 4) is 0 Å². The predicted molar refractivity (Wildman–Crippen MR) is 86.9 cm³/mol. The van der Waals surface area contributed by atoms with Crippen molar-refractivity contribution in [2.45, 2.75) is 58.4 Å². The first-order valence-corrected chi connectivity index (χ1v) is 8.75. The monoisotopic (exact) mass is 308 g/mol. The molecular formula is C16H25ClN4. The van der Waals surface area contributed by atoms with Crippen molar-refractivity contribution in [2.24, 2.45) is 13.0 Å². The van der Waals surface area contributed by atoms with E-state index in [1.165, 1.54) is 31.3 Å². The Labute approximate surface area is 131 Å². The van der Waals surface area contributed by atoms with Crippen LogP contribution >= 0.6 is 11.6 Å². The van der Waals surface area contributed by atoms with E-state index in [1.54, 1.807) is 0 Å². The molecule has 0 aromatic carbocycles. The Kier molecular flexibility index (Phi) is 4.53. The van der Waals surface area contributed by atoms with Crippen molar-refractivity contribution >= 4 is 22.8 Å². The molecule has 2 aromatic heterocycles. The van der Waals surface area contributed by atoms with E-state index in [0.29, 0.717) is 5.88 Å². The summed E-state index contributed by atoms with van der Waals surface area (Å²) in [4.78, 5) is 4.88. The summed E-state index contributed by atoms with van der Waals surface area (Å²) >= 11 is 5.98. The van der Waals surface area contributed by atoms with Gasteiger partial charge in [-0.05, 0) is 25.2 Å². The summed E-state index contributed by atoms with van der Waals surface area (Å²) in [6, 6.07) is 0. The Hall–Kier alpha value is -1.03. The van der Waals surface area contributed by atoms with E-state index < -0.39 is 0 Å². The summed E-state index contributed by atoms with van der Waals surface area (Å²) in [5.74, 6) is 2.56. The fourth-order valence-corrected chi connectivity index (χ4v) is 3.78. The maximum atomic E-state index is 5.98. The maximum absolute atomic E-state index is 5.98. The summed E-state index contributed by atoms with van der Waals surface area (Å²) in [6.07, 6.45) is 8.39. The minimum absolute atomic E-state index is 0.629. The standard InChI is InChI=1S/C16H25ClN4/c1-3-6-13-15-16(20(2)19-13)21(14(18-15)9-10-17)11-12-7-4-5-8-12/h12H,3-11H2,1-2H3. The molecule has 1 fully saturated rings. The lowest BCUT2D eigenvalue weighted by molar-refractivity contribution is 0.450. The minimum atomic E-state index is 0.629. The number of imidazole rings is 1. The van der Waals surface area contributed by atoms with Gasteiger partial charge < -0.3 is 4.57 Å². The van der Waals surface area contributed by atoms with Crippen LogP contribution in [-0.4, -0.2) is 25.2 Å². The van der Waals surface area contributed by atoms with Gasteiger partial charge in [-0.3, -0.25) is 4.68 Å². The zero-order valence-corrected chi connectivity index (χ0v) is 13.9. The summed E-state index contributed by atoms with van der Waals surface area (Å²) in [5.41, 5.74) is 3.42. The zero-order chi connectivity index (χ0) is 14.8. The fraction of sp³-hybridized carbons (Fsp3) is 0.750. The number of hydrogen-bond acceptors (Lipinski definition) is 2. The second-order valence-corrected chi connectivity index (χ2v) is 6.60. The number of aromatic nitrogens is 4. The van der Waals surface area contributed by atoms with Gasteiger partial charge in [-0.1, -0.05) is 26.2 Å². The van der Waals surface area contributed by atoms with Crippen molar-refractivity contribution in [3.63, 3.8) is 0 Å². The van der Waals surface area contributed by atoms with Crippen molar-refractivity contribution in [2.75, 3.05) is 5.88 Å². The zero-order valence-electron chi connectivity index (χ0n) is 13.1. The van der Waals surface area contributed by atoms with E-state index in [1.807, 2.05) is 11.7 Å². The number of hydrogen-bond donors (Lipinski definition) is 0. The van der Waals surface area contributed by atoms with Crippen LogP contribution in [0.3, 0.4) is 0 Å². The Morgan fingerprint density at radius 2 is 2.00 bits per heavy atom. The van der Waals surface area contributed by atoms with Crippen molar-refractivity contribution in [1.29, 1.82) is 0 Å². The SMILES string of the molecule is CCCc1nn(C)c2c1nc(CCCl)n2CC1CCCC1. The van der Waals surface area contributed by atoms with Gasteiger partial charge in [0.1, 0.15) is 11.3 Å². The lowest BCUT2D eigenvalue weighted by atomic mass is 10.1. The van der Waals surface area contributed by atoms with Crippen LogP contribution < -0.4 is 0 Å². The summed E-state index contributed by atoms with van der Waals surface area (Å²) in [5, 5.41) is 4.68. The lowest BCUT2D eigenvalue weighted by Crippen LogP contribution is -2.13. The molecule has 1 aliphatic carbocycles. The average molecular weight is 309 g/mol. The summed E-state index contributed by atoms with van der Waals surface area (Å²) in [6.45, 7) is 3.27. The predicted octanol–water partition coefficient (Wildman–Crippen LogP) is 3.69. The Bertz CT molecular complexity index is 607. The molecule has 0 radical (unpaired) electrons. The molecule has 0 amide bonds.